The minimum atomic E-state index is -4.37. The van der Waals surface area contributed by atoms with Gasteiger partial charge in [-0.2, -0.15) is 0 Å². The van der Waals surface area contributed by atoms with Crippen LogP contribution in [0.1, 0.15) is 31.9 Å². The van der Waals surface area contributed by atoms with Crippen molar-refractivity contribution in [3.8, 4) is 0 Å². The van der Waals surface area contributed by atoms with Gasteiger partial charge in [0.15, 0.2) is 0 Å². The number of nitrogens with zero attached hydrogens (tertiary/aromatic N) is 2. The molecule has 7 nitrogen and oxygen atoms in total. The summed E-state index contributed by atoms with van der Waals surface area (Å²) in [5, 5.41) is 3.35. The highest BCUT2D eigenvalue weighted by Gasteiger charge is 2.33. The molecule has 11 heteroatoms. The Hall–Kier alpha value is -3.14. The number of anilines is 1. The second kappa shape index (κ2) is 12.8. The zero-order valence-electron chi connectivity index (χ0n) is 22.0. The number of hydrogen-bond acceptors (Lipinski definition) is 4. The average Bonchev–Trinajstić information content (AvgIpc) is 2.87. The van der Waals surface area contributed by atoms with Crippen molar-refractivity contribution >= 4 is 50.7 Å². The maximum Gasteiger partial charge on any atom is 0.264 e. The summed E-state index contributed by atoms with van der Waals surface area (Å²) < 4.78 is 43.1. The number of sulfonamides is 1. The summed E-state index contributed by atoms with van der Waals surface area (Å²) in [6, 6.07) is 14.9. The molecule has 1 N–H and O–H groups in total. The Morgan fingerprint density at radius 3 is 2.18 bits per heavy atom. The number of halogens is 3. The van der Waals surface area contributed by atoms with E-state index in [1.54, 1.807) is 51.1 Å². The summed E-state index contributed by atoms with van der Waals surface area (Å²) in [7, 11) is -4.37. The van der Waals surface area contributed by atoms with Gasteiger partial charge in [-0.25, -0.2) is 12.8 Å². The molecule has 2 amide bonds. The van der Waals surface area contributed by atoms with Gasteiger partial charge in [-0.05, 0) is 69.7 Å². The summed E-state index contributed by atoms with van der Waals surface area (Å²) in [6.45, 7) is 6.08. The molecule has 3 aromatic rings. The first-order valence-corrected chi connectivity index (χ1v) is 14.4. The van der Waals surface area contributed by atoms with E-state index >= 15 is 0 Å². The van der Waals surface area contributed by atoms with E-state index in [0.717, 1.165) is 15.9 Å². The third-order valence-electron chi connectivity index (χ3n) is 5.94. The van der Waals surface area contributed by atoms with E-state index in [0.29, 0.717) is 10.6 Å². The largest absolute Gasteiger partial charge is 0.352 e. The lowest BCUT2D eigenvalue weighted by molar-refractivity contribution is -0.139. The van der Waals surface area contributed by atoms with E-state index in [2.05, 4.69) is 5.32 Å². The van der Waals surface area contributed by atoms with Crippen LogP contribution in [0.4, 0.5) is 10.1 Å². The molecule has 3 rings (SSSR count). The van der Waals surface area contributed by atoms with Gasteiger partial charge in [-0.15, -0.1) is 0 Å². The second-order valence-corrected chi connectivity index (χ2v) is 12.1. The van der Waals surface area contributed by atoms with Crippen molar-refractivity contribution in [2.75, 3.05) is 10.8 Å². The Morgan fingerprint density at radius 1 is 0.949 bits per heavy atom. The summed E-state index contributed by atoms with van der Waals surface area (Å²) >= 11 is 12.2. The lowest BCUT2D eigenvalue weighted by Gasteiger charge is -2.32. The molecule has 0 spiro atoms. The maximum absolute atomic E-state index is 14.9. The number of carbonyl (C=O) groups is 2. The number of carbonyl (C=O) groups excluding carboxylic acids is 2. The Labute approximate surface area is 238 Å². The molecular formula is C28H30Cl2FN3O4S. The summed E-state index contributed by atoms with van der Waals surface area (Å²) in [5.41, 5.74) is 1.11. The van der Waals surface area contributed by atoms with E-state index < -0.39 is 40.2 Å². The van der Waals surface area contributed by atoms with E-state index in [1.807, 2.05) is 0 Å². The summed E-state index contributed by atoms with van der Waals surface area (Å²) in [4.78, 5) is 27.9. The zero-order chi connectivity index (χ0) is 28.9. The molecular weight excluding hydrogens is 564 g/mol. The lowest BCUT2D eigenvalue weighted by Crippen LogP contribution is -2.52. The fourth-order valence-electron chi connectivity index (χ4n) is 3.83. The fourth-order valence-corrected chi connectivity index (χ4v) is 5.57. The van der Waals surface area contributed by atoms with Crippen LogP contribution < -0.4 is 9.62 Å². The molecule has 1 atom stereocenters. The number of hydrogen-bond donors (Lipinski definition) is 1. The van der Waals surface area contributed by atoms with Crippen molar-refractivity contribution in [1.29, 1.82) is 0 Å². The van der Waals surface area contributed by atoms with Gasteiger partial charge >= 0.3 is 0 Å². The maximum atomic E-state index is 14.9. The van der Waals surface area contributed by atoms with Gasteiger partial charge in [-0.1, -0.05) is 59.1 Å². The van der Waals surface area contributed by atoms with Crippen molar-refractivity contribution in [2.24, 2.45) is 0 Å². The number of benzene rings is 3. The first kappa shape index (κ1) is 30.4. The molecule has 0 bridgehead atoms. The van der Waals surface area contributed by atoms with Crippen LogP contribution in [0, 0.1) is 12.7 Å². The van der Waals surface area contributed by atoms with Gasteiger partial charge in [-0.3, -0.25) is 13.9 Å². The van der Waals surface area contributed by atoms with Crippen LogP contribution in [0.15, 0.2) is 71.6 Å². The lowest BCUT2D eigenvalue weighted by atomic mass is 10.1. The smallest absolute Gasteiger partial charge is 0.264 e. The van der Waals surface area contributed by atoms with E-state index in [9.17, 15) is 22.4 Å². The van der Waals surface area contributed by atoms with Crippen LogP contribution in [0.25, 0.3) is 0 Å². The summed E-state index contributed by atoms with van der Waals surface area (Å²) in [5.74, 6) is -1.97. The van der Waals surface area contributed by atoms with E-state index in [-0.39, 0.29) is 28.2 Å². The van der Waals surface area contributed by atoms with E-state index in [4.69, 9.17) is 23.2 Å². The van der Waals surface area contributed by atoms with Gasteiger partial charge in [0.2, 0.25) is 11.8 Å². The predicted molar refractivity (Wildman–Crippen MR) is 152 cm³/mol. The van der Waals surface area contributed by atoms with Gasteiger partial charge in [0.25, 0.3) is 10.0 Å². The fraction of sp³-hybridized carbons (Fsp3) is 0.286. The zero-order valence-corrected chi connectivity index (χ0v) is 24.3. The van der Waals surface area contributed by atoms with Crippen molar-refractivity contribution in [1.82, 2.24) is 10.2 Å². The van der Waals surface area contributed by atoms with Crippen molar-refractivity contribution in [2.45, 2.75) is 51.2 Å². The van der Waals surface area contributed by atoms with Crippen LogP contribution in [0.5, 0.6) is 0 Å². The molecule has 1 unspecified atom stereocenters. The second-order valence-electron chi connectivity index (χ2n) is 9.39. The van der Waals surface area contributed by atoms with Crippen LogP contribution in [0.3, 0.4) is 0 Å². The summed E-state index contributed by atoms with van der Waals surface area (Å²) in [6.07, 6.45) is 0. The minimum absolute atomic E-state index is 0.0713. The first-order chi connectivity index (χ1) is 18.3. The average molecular weight is 595 g/mol. The number of rotatable bonds is 10. The Kier molecular flexibility index (Phi) is 9.98. The van der Waals surface area contributed by atoms with Crippen molar-refractivity contribution < 1.29 is 22.4 Å². The Bertz CT molecular complexity index is 1450. The molecule has 0 saturated heterocycles. The predicted octanol–water partition coefficient (Wildman–Crippen LogP) is 5.58. The third kappa shape index (κ3) is 7.50. The molecule has 0 aliphatic heterocycles. The third-order valence-corrected chi connectivity index (χ3v) is 8.46. The highest BCUT2D eigenvalue weighted by molar-refractivity contribution is 7.92. The number of para-hydroxylation sites is 1. The monoisotopic (exact) mass is 593 g/mol. The van der Waals surface area contributed by atoms with Gasteiger partial charge in [0, 0.05) is 12.6 Å². The highest BCUT2D eigenvalue weighted by atomic mass is 35.5. The SMILES string of the molecule is Cc1ccc(S(=O)(=O)N(CC(=O)N(Cc2ccc(Cl)c(Cl)c2)C(C)C(=O)NC(C)C)c2ccccc2F)cc1. The number of amides is 2. The quantitative estimate of drug-likeness (QED) is 0.332. The standard InChI is InChI=1S/C28H30Cl2FN3O4S/c1-18(2)32-28(36)20(4)33(16-21-11-14-23(29)24(30)15-21)27(35)17-34(26-8-6-5-7-25(26)31)39(37,38)22-12-9-19(3)10-13-22/h5-15,18,20H,16-17H2,1-4H3,(H,32,36). The van der Waals surface area contributed by atoms with Gasteiger partial charge in [0.05, 0.1) is 20.6 Å². The van der Waals surface area contributed by atoms with Crippen LogP contribution in [-0.4, -0.2) is 43.8 Å². The van der Waals surface area contributed by atoms with E-state index in [1.165, 1.54) is 42.2 Å². The van der Waals surface area contributed by atoms with Crippen LogP contribution in [-0.2, 0) is 26.2 Å². The normalized spacial score (nSPS) is 12.2. The van der Waals surface area contributed by atoms with Crippen LogP contribution in [0.2, 0.25) is 10.0 Å². The van der Waals surface area contributed by atoms with Gasteiger partial charge < -0.3 is 10.2 Å². The highest BCUT2D eigenvalue weighted by Crippen LogP contribution is 2.28. The number of aryl methyl sites for hydroxylation is 1. The Morgan fingerprint density at radius 2 is 1.59 bits per heavy atom. The molecule has 0 aromatic heterocycles. The molecule has 0 aliphatic carbocycles. The molecule has 0 fully saturated rings. The molecule has 0 heterocycles. The van der Waals surface area contributed by atoms with Crippen LogP contribution >= 0.6 is 23.2 Å². The molecule has 3 aromatic carbocycles. The molecule has 39 heavy (non-hydrogen) atoms. The number of nitrogens with one attached hydrogen (secondary N) is 1. The van der Waals surface area contributed by atoms with Gasteiger partial charge in [0.1, 0.15) is 18.4 Å². The molecule has 0 radical (unpaired) electrons. The first-order valence-electron chi connectivity index (χ1n) is 12.2. The topological polar surface area (TPSA) is 86.8 Å². The molecule has 0 saturated carbocycles. The van der Waals surface area contributed by atoms with Crippen molar-refractivity contribution in [3.05, 3.63) is 93.7 Å². The molecule has 208 valence electrons. The minimum Gasteiger partial charge on any atom is -0.352 e. The van der Waals surface area contributed by atoms with Crippen molar-refractivity contribution in [3.63, 3.8) is 0 Å². The Balaban J connectivity index is 2.05. The molecule has 0 aliphatic rings.